The Labute approximate surface area is 253 Å². The summed E-state index contributed by atoms with van der Waals surface area (Å²) < 4.78 is 43.3. The van der Waals surface area contributed by atoms with Gasteiger partial charge in [0.15, 0.2) is 0 Å². The van der Waals surface area contributed by atoms with E-state index < -0.39 is 6.04 Å². The van der Waals surface area contributed by atoms with Crippen molar-refractivity contribution < 1.29 is 6.85 Å². The topological polar surface area (TPSA) is 0 Å². The molecule has 0 aliphatic carbocycles. The van der Waals surface area contributed by atoms with E-state index in [1.807, 2.05) is 48.5 Å². The van der Waals surface area contributed by atoms with Crippen LogP contribution in [-0.2, 0) is 0 Å². The van der Waals surface area contributed by atoms with E-state index in [9.17, 15) is 0 Å². The summed E-state index contributed by atoms with van der Waals surface area (Å²) >= 11 is 0. The second kappa shape index (κ2) is 10.2. The molecular formula is C42H28. The van der Waals surface area contributed by atoms with Crippen molar-refractivity contribution in [3.63, 3.8) is 0 Å². The number of rotatable bonds is 4. The molecule has 0 spiro atoms. The van der Waals surface area contributed by atoms with Gasteiger partial charge in [0.2, 0.25) is 0 Å². The van der Waals surface area contributed by atoms with Crippen LogP contribution < -0.4 is 0 Å². The summed E-state index contributed by atoms with van der Waals surface area (Å²) in [5.41, 5.74) is 7.24. The second-order valence-electron chi connectivity index (χ2n) is 10.5. The van der Waals surface area contributed by atoms with Crippen molar-refractivity contribution in [2.45, 2.75) is 0 Å². The van der Waals surface area contributed by atoms with Crippen LogP contribution in [0.5, 0.6) is 0 Å². The Morgan fingerprint density at radius 1 is 0.333 bits per heavy atom. The van der Waals surface area contributed by atoms with Gasteiger partial charge in [-0.25, -0.2) is 0 Å². The SMILES string of the molecule is [2H]c1c([2H])c([2H])c(-c2c3ccccc3c(-c3ccc(-c4ccccc4)cc3)c3ccc(-c4cccc5ccccc45)cc23)c([2H])c1[2H]. The lowest BCUT2D eigenvalue weighted by atomic mass is 9.84. The van der Waals surface area contributed by atoms with Gasteiger partial charge in [0.1, 0.15) is 0 Å². The van der Waals surface area contributed by atoms with Crippen LogP contribution >= 0.6 is 0 Å². The number of hydrogen-bond donors (Lipinski definition) is 0. The first-order valence-corrected chi connectivity index (χ1v) is 14.1. The van der Waals surface area contributed by atoms with E-state index in [0.717, 1.165) is 65.7 Å². The van der Waals surface area contributed by atoms with E-state index in [0.29, 0.717) is 5.56 Å². The lowest BCUT2D eigenvalue weighted by Crippen LogP contribution is -1.92. The Balaban J connectivity index is 1.49. The summed E-state index contributed by atoms with van der Waals surface area (Å²) in [5.74, 6) is 0. The summed E-state index contributed by atoms with van der Waals surface area (Å²) in [4.78, 5) is 0. The van der Waals surface area contributed by atoms with Gasteiger partial charge < -0.3 is 0 Å². The highest BCUT2D eigenvalue weighted by molar-refractivity contribution is 6.22. The molecule has 0 aliphatic rings. The highest BCUT2D eigenvalue weighted by Crippen LogP contribution is 2.45. The first kappa shape index (κ1) is 19.6. The zero-order valence-corrected chi connectivity index (χ0v) is 22.8. The molecule has 0 heterocycles. The highest BCUT2D eigenvalue weighted by atomic mass is 14.2. The monoisotopic (exact) mass is 537 g/mol. The Morgan fingerprint density at radius 2 is 0.881 bits per heavy atom. The van der Waals surface area contributed by atoms with Crippen LogP contribution in [0.4, 0.5) is 0 Å². The van der Waals surface area contributed by atoms with Crippen LogP contribution in [0.1, 0.15) is 6.85 Å². The first-order chi connectivity index (χ1) is 22.9. The van der Waals surface area contributed by atoms with E-state index in [1.54, 1.807) is 0 Å². The van der Waals surface area contributed by atoms with E-state index in [2.05, 4.69) is 91.0 Å². The van der Waals surface area contributed by atoms with E-state index in [1.165, 1.54) is 0 Å². The van der Waals surface area contributed by atoms with Crippen LogP contribution in [0, 0.1) is 0 Å². The molecule has 42 heavy (non-hydrogen) atoms. The zero-order valence-electron chi connectivity index (χ0n) is 27.8. The molecule has 0 nitrogen and oxygen atoms in total. The molecule has 0 N–H and O–H groups in total. The minimum atomic E-state index is -0.399. The van der Waals surface area contributed by atoms with Crippen LogP contribution in [0.3, 0.4) is 0 Å². The van der Waals surface area contributed by atoms with Crippen LogP contribution in [0.25, 0.3) is 76.8 Å². The van der Waals surface area contributed by atoms with Gasteiger partial charge in [-0.15, -0.1) is 0 Å². The second-order valence-corrected chi connectivity index (χ2v) is 10.5. The molecular weight excluding hydrogens is 504 g/mol. The zero-order chi connectivity index (χ0) is 32.2. The van der Waals surface area contributed by atoms with E-state index >= 15 is 0 Å². The van der Waals surface area contributed by atoms with Crippen molar-refractivity contribution >= 4 is 32.3 Å². The largest absolute Gasteiger partial charge is 0.0629 e. The van der Waals surface area contributed by atoms with Gasteiger partial charge in [-0.3, -0.25) is 0 Å². The molecule has 8 aromatic carbocycles. The molecule has 0 radical (unpaired) electrons. The fourth-order valence-electron chi connectivity index (χ4n) is 6.24. The smallest absolute Gasteiger partial charge is 0.0622 e. The van der Waals surface area contributed by atoms with Crippen molar-refractivity contribution in [2.75, 3.05) is 0 Å². The minimum absolute atomic E-state index is 0.207. The average molecular weight is 538 g/mol. The van der Waals surface area contributed by atoms with Crippen molar-refractivity contribution in [1.29, 1.82) is 0 Å². The number of hydrogen-bond acceptors (Lipinski definition) is 0. The van der Waals surface area contributed by atoms with E-state index in [-0.39, 0.29) is 29.7 Å². The van der Waals surface area contributed by atoms with Crippen LogP contribution in [0.2, 0.25) is 0 Å². The Kier molecular flexibility index (Phi) is 4.75. The third-order valence-corrected chi connectivity index (χ3v) is 8.16. The fraction of sp³-hybridized carbons (Fsp3) is 0. The predicted octanol–water partition coefficient (Wildman–Crippen LogP) is 11.8. The van der Waals surface area contributed by atoms with Gasteiger partial charge in [-0.05, 0) is 82.9 Å². The van der Waals surface area contributed by atoms with Crippen LogP contribution in [0.15, 0.2) is 170 Å². The summed E-state index contributed by atoms with van der Waals surface area (Å²) in [5, 5.41) is 5.81. The van der Waals surface area contributed by atoms with Gasteiger partial charge in [0.25, 0.3) is 0 Å². The summed E-state index contributed by atoms with van der Waals surface area (Å²) in [6.45, 7) is 0. The average Bonchev–Trinajstić information content (AvgIpc) is 3.13. The van der Waals surface area contributed by atoms with E-state index in [4.69, 9.17) is 6.85 Å². The molecule has 0 aromatic heterocycles. The Hall–Kier alpha value is -5.46. The molecule has 0 saturated carbocycles. The van der Waals surface area contributed by atoms with Crippen molar-refractivity contribution in [2.24, 2.45) is 0 Å². The molecule has 8 aromatic rings. The number of benzene rings is 8. The van der Waals surface area contributed by atoms with Gasteiger partial charge in [0, 0.05) is 0 Å². The molecule has 196 valence electrons. The van der Waals surface area contributed by atoms with Gasteiger partial charge >= 0.3 is 0 Å². The standard InChI is InChI=1S/C42H28/c1-3-12-29(13-4-1)30-22-24-33(25-23-30)41-37-19-9-10-20-38(37)42(32-15-5-2-6-16-32)40-28-34(26-27-39(40)41)36-21-11-17-31-14-7-8-18-35(31)36/h1-28H/i2D,5D,6D,15D,16D. The molecule has 0 saturated heterocycles. The number of fused-ring (bicyclic) bond motifs is 3. The van der Waals surface area contributed by atoms with Gasteiger partial charge in [-0.1, -0.05) is 164 Å². The van der Waals surface area contributed by atoms with Crippen molar-refractivity contribution in [1.82, 2.24) is 0 Å². The predicted molar refractivity (Wildman–Crippen MR) is 181 cm³/mol. The molecule has 0 amide bonds. The maximum absolute atomic E-state index is 9.00. The van der Waals surface area contributed by atoms with Crippen LogP contribution in [-0.4, -0.2) is 0 Å². The Morgan fingerprint density at radius 3 is 1.64 bits per heavy atom. The first-order valence-electron chi connectivity index (χ1n) is 16.6. The lowest BCUT2D eigenvalue weighted by Gasteiger charge is -2.19. The third-order valence-electron chi connectivity index (χ3n) is 8.16. The lowest BCUT2D eigenvalue weighted by molar-refractivity contribution is 1.61. The third kappa shape index (κ3) is 4.08. The van der Waals surface area contributed by atoms with Crippen molar-refractivity contribution in [3.05, 3.63) is 170 Å². The quantitative estimate of drug-likeness (QED) is 0.196. The molecule has 0 fully saturated rings. The molecule has 0 heteroatoms. The maximum atomic E-state index is 9.00. The minimum Gasteiger partial charge on any atom is -0.0622 e. The molecule has 0 bridgehead atoms. The van der Waals surface area contributed by atoms with Gasteiger partial charge in [-0.2, -0.15) is 0 Å². The molecule has 0 unspecified atom stereocenters. The normalized spacial score (nSPS) is 13.0. The summed E-state index contributed by atoms with van der Waals surface area (Å²) in [7, 11) is 0. The molecule has 0 atom stereocenters. The van der Waals surface area contributed by atoms with Crippen molar-refractivity contribution in [3.8, 4) is 44.5 Å². The summed E-state index contributed by atoms with van der Waals surface area (Å²) in [6, 6.07) is 46.3. The van der Waals surface area contributed by atoms with Gasteiger partial charge in [0.05, 0.1) is 6.85 Å². The molecule has 0 aliphatic heterocycles. The fourth-order valence-corrected chi connectivity index (χ4v) is 6.24. The Bertz CT molecular complexity index is 2470. The highest BCUT2D eigenvalue weighted by Gasteiger charge is 2.18. The summed E-state index contributed by atoms with van der Waals surface area (Å²) in [6.07, 6.45) is 0. The maximum Gasteiger partial charge on any atom is 0.0629 e. The molecule has 8 rings (SSSR count).